The Labute approximate surface area is 179 Å². The average Bonchev–Trinajstić information content (AvgIpc) is 3.41. The molecule has 162 valence electrons. The number of anilines is 2. The van der Waals surface area contributed by atoms with Gasteiger partial charge in [-0.25, -0.2) is 15.0 Å². The number of furan rings is 1. The molecule has 1 aliphatic carbocycles. The van der Waals surface area contributed by atoms with E-state index in [0.717, 1.165) is 12.8 Å². The highest BCUT2D eigenvalue weighted by atomic mass is 16.5. The van der Waals surface area contributed by atoms with Crippen LogP contribution in [0.1, 0.15) is 35.9 Å². The van der Waals surface area contributed by atoms with E-state index in [-0.39, 0.29) is 11.4 Å². The molecule has 0 spiro atoms. The number of fused-ring (bicyclic) bond motifs is 1. The van der Waals surface area contributed by atoms with Gasteiger partial charge in [0.25, 0.3) is 5.91 Å². The van der Waals surface area contributed by atoms with Crippen molar-refractivity contribution in [3.05, 3.63) is 29.9 Å². The Balaban J connectivity index is 1.38. The Hall–Kier alpha value is -3.43. The molecule has 1 saturated carbocycles. The second kappa shape index (κ2) is 7.36. The number of carbonyl (C=O) groups is 1. The van der Waals surface area contributed by atoms with Crippen LogP contribution in [0.4, 0.5) is 11.8 Å². The first-order chi connectivity index (χ1) is 15.0. The number of carbonyl (C=O) groups excluding carboxylic acids is 1. The quantitative estimate of drug-likeness (QED) is 0.661. The highest BCUT2D eigenvalue weighted by molar-refractivity contribution is 6.10. The monoisotopic (exact) mass is 423 g/mol. The predicted molar refractivity (Wildman–Crippen MR) is 115 cm³/mol. The van der Waals surface area contributed by atoms with Crippen LogP contribution in [0, 0.1) is 6.92 Å². The maximum Gasteiger partial charge on any atom is 0.258 e. The summed E-state index contributed by atoms with van der Waals surface area (Å²) in [5.41, 5.74) is 0.995. The molecule has 1 amide bonds. The van der Waals surface area contributed by atoms with Gasteiger partial charge in [-0.05, 0) is 26.7 Å². The average molecular weight is 423 g/mol. The molecular formula is C21H25N7O3. The summed E-state index contributed by atoms with van der Waals surface area (Å²) in [6.07, 6.45) is 5.30. The van der Waals surface area contributed by atoms with Gasteiger partial charge in [-0.2, -0.15) is 4.98 Å². The fraction of sp³-hybridized carbons (Fsp3) is 0.476. The van der Waals surface area contributed by atoms with E-state index >= 15 is 0 Å². The smallest absolute Gasteiger partial charge is 0.258 e. The summed E-state index contributed by atoms with van der Waals surface area (Å²) < 4.78 is 11.0. The second-order valence-corrected chi connectivity index (χ2v) is 8.30. The molecule has 31 heavy (non-hydrogen) atoms. The number of aryl methyl sites for hydroxylation is 1. The number of amides is 1. The summed E-state index contributed by atoms with van der Waals surface area (Å²) in [5, 5.41) is 4.13. The van der Waals surface area contributed by atoms with Crippen LogP contribution in [-0.4, -0.2) is 69.6 Å². The molecule has 0 aromatic carbocycles. The van der Waals surface area contributed by atoms with Crippen LogP contribution in [0.3, 0.4) is 0 Å². The summed E-state index contributed by atoms with van der Waals surface area (Å²) in [5.74, 6) is 2.28. The molecule has 0 atom stereocenters. The van der Waals surface area contributed by atoms with E-state index < -0.39 is 0 Å². The summed E-state index contributed by atoms with van der Waals surface area (Å²) in [4.78, 5) is 34.8. The van der Waals surface area contributed by atoms with Gasteiger partial charge in [-0.1, -0.05) is 0 Å². The molecule has 10 nitrogen and oxygen atoms in total. The van der Waals surface area contributed by atoms with Gasteiger partial charge in [-0.15, -0.1) is 0 Å². The SMILES string of the molecule is COc1ccnc(N2CCN(C(=O)c3c(C)oc4ncnc(NC5(C)CC5)c34)CC2)n1. The number of rotatable bonds is 5. The fourth-order valence-electron chi connectivity index (χ4n) is 3.86. The Morgan fingerprint density at radius 1 is 1.19 bits per heavy atom. The number of ether oxygens (including phenoxy) is 1. The van der Waals surface area contributed by atoms with E-state index in [1.54, 1.807) is 26.3 Å². The number of nitrogens with zero attached hydrogens (tertiary/aromatic N) is 6. The van der Waals surface area contributed by atoms with Crippen molar-refractivity contribution in [3.8, 4) is 5.88 Å². The molecule has 2 aliphatic rings. The van der Waals surface area contributed by atoms with Crippen molar-refractivity contribution >= 4 is 28.8 Å². The third-order valence-electron chi connectivity index (χ3n) is 5.97. The molecule has 1 saturated heterocycles. The summed E-state index contributed by atoms with van der Waals surface area (Å²) in [6.45, 7) is 6.33. The molecule has 5 rings (SSSR count). The minimum absolute atomic E-state index is 0.0230. The summed E-state index contributed by atoms with van der Waals surface area (Å²) >= 11 is 0. The van der Waals surface area contributed by atoms with Crippen molar-refractivity contribution in [2.45, 2.75) is 32.2 Å². The highest BCUT2D eigenvalue weighted by Crippen LogP contribution is 2.40. The van der Waals surface area contributed by atoms with E-state index in [4.69, 9.17) is 9.15 Å². The van der Waals surface area contributed by atoms with Crippen molar-refractivity contribution < 1.29 is 13.9 Å². The van der Waals surface area contributed by atoms with Crippen molar-refractivity contribution in [1.29, 1.82) is 0 Å². The Bertz CT molecular complexity index is 1130. The zero-order valence-electron chi connectivity index (χ0n) is 17.9. The fourth-order valence-corrected chi connectivity index (χ4v) is 3.86. The maximum atomic E-state index is 13.5. The Morgan fingerprint density at radius 2 is 1.97 bits per heavy atom. The first-order valence-corrected chi connectivity index (χ1v) is 10.4. The number of piperazine rings is 1. The topological polar surface area (TPSA) is 110 Å². The van der Waals surface area contributed by atoms with Crippen LogP contribution >= 0.6 is 0 Å². The van der Waals surface area contributed by atoms with Gasteiger partial charge in [0.2, 0.25) is 17.5 Å². The van der Waals surface area contributed by atoms with E-state index in [0.29, 0.717) is 66.2 Å². The van der Waals surface area contributed by atoms with Crippen LogP contribution in [0.5, 0.6) is 5.88 Å². The van der Waals surface area contributed by atoms with Gasteiger partial charge in [0.1, 0.15) is 17.9 Å². The van der Waals surface area contributed by atoms with E-state index in [9.17, 15) is 4.79 Å². The zero-order valence-corrected chi connectivity index (χ0v) is 17.9. The van der Waals surface area contributed by atoms with Crippen molar-refractivity contribution in [2.75, 3.05) is 43.5 Å². The van der Waals surface area contributed by atoms with Crippen LogP contribution < -0.4 is 15.0 Å². The number of hydrogen-bond acceptors (Lipinski definition) is 9. The second-order valence-electron chi connectivity index (χ2n) is 8.30. The van der Waals surface area contributed by atoms with Crippen LogP contribution in [0.25, 0.3) is 11.1 Å². The van der Waals surface area contributed by atoms with Crippen molar-refractivity contribution in [1.82, 2.24) is 24.8 Å². The zero-order chi connectivity index (χ0) is 21.6. The number of nitrogens with one attached hydrogen (secondary N) is 1. The molecule has 3 aromatic rings. The molecule has 10 heteroatoms. The van der Waals surface area contributed by atoms with Gasteiger partial charge in [0.15, 0.2) is 0 Å². The van der Waals surface area contributed by atoms with Gasteiger partial charge in [-0.3, -0.25) is 4.79 Å². The third-order valence-corrected chi connectivity index (χ3v) is 5.97. The summed E-state index contributed by atoms with van der Waals surface area (Å²) in [7, 11) is 1.58. The molecule has 4 heterocycles. The molecule has 1 N–H and O–H groups in total. The molecular weight excluding hydrogens is 398 g/mol. The van der Waals surface area contributed by atoms with E-state index in [1.807, 2.05) is 4.90 Å². The van der Waals surface area contributed by atoms with E-state index in [1.165, 1.54) is 6.33 Å². The first kappa shape index (κ1) is 19.5. The Kier molecular flexibility index (Phi) is 4.64. The standard InChI is InChI=1S/C21H25N7O3/c1-13-15(16-17(26-21(2)5-6-21)23-12-24-18(16)31-13)19(29)27-8-10-28(11-9-27)20-22-7-4-14(25-20)30-3/h4,7,12H,5-6,8-11H2,1-3H3,(H,23,24,26). The van der Waals surface area contributed by atoms with Crippen LogP contribution in [0.2, 0.25) is 0 Å². The normalized spacial score (nSPS) is 17.6. The lowest BCUT2D eigenvalue weighted by Crippen LogP contribution is -2.49. The lowest BCUT2D eigenvalue weighted by atomic mass is 10.1. The lowest BCUT2D eigenvalue weighted by molar-refractivity contribution is 0.0746. The largest absolute Gasteiger partial charge is 0.481 e. The molecule has 2 fully saturated rings. The number of methoxy groups -OCH3 is 1. The van der Waals surface area contributed by atoms with Crippen LogP contribution in [0.15, 0.2) is 23.0 Å². The molecule has 3 aromatic heterocycles. The minimum atomic E-state index is -0.0683. The maximum absolute atomic E-state index is 13.5. The first-order valence-electron chi connectivity index (χ1n) is 10.4. The third kappa shape index (κ3) is 3.62. The molecule has 0 unspecified atom stereocenters. The van der Waals surface area contributed by atoms with Crippen LogP contribution in [-0.2, 0) is 0 Å². The van der Waals surface area contributed by atoms with Crippen molar-refractivity contribution in [3.63, 3.8) is 0 Å². The Morgan fingerprint density at radius 3 is 2.68 bits per heavy atom. The number of hydrogen-bond donors (Lipinski definition) is 1. The summed E-state index contributed by atoms with van der Waals surface area (Å²) in [6, 6.07) is 1.71. The van der Waals surface area contributed by atoms with Crippen molar-refractivity contribution in [2.24, 2.45) is 0 Å². The lowest BCUT2D eigenvalue weighted by Gasteiger charge is -2.34. The van der Waals surface area contributed by atoms with Gasteiger partial charge >= 0.3 is 0 Å². The minimum Gasteiger partial charge on any atom is -0.481 e. The molecule has 0 bridgehead atoms. The predicted octanol–water partition coefficient (Wildman–Crippen LogP) is 2.26. The highest BCUT2D eigenvalue weighted by Gasteiger charge is 2.39. The van der Waals surface area contributed by atoms with Gasteiger partial charge in [0.05, 0.1) is 18.1 Å². The molecule has 0 radical (unpaired) electrons. The van der Waals surface area contributed by atoms with E-state index in [2.05, 4.69) is 37.1 Å². The number of aromatic nitrogens is 4. The molecule has 1 aliphatic heterocycles. The van der Waals surface area contributed by atoms with Gasteiger partial charge in [0, 0.05) is 44.0 Å². The van der Waals surface area contributed by atoms with Gasteiger partial charge < -0.3 is 24.3 Å².